The highest BCUT2D eigenvalue weighted by atomic mass is 16.5. The van der Waals surface area contributed by atoms with Crippen LogP contribution in [0, 0.1) is 0 Å². The van der Waals surface area contributed by atoms with Crippen molar-refractivity contribution in [1.82, 2.24) is 24.4 Å². The van der Waals surface area contributed by atoms with Gasteiger partial charge in [-0.05, 0) is 12.1 Å². The normalized spacial score (nSPS) is 13.8. The Balaban J connectivity index is 1.39. The van der Waals surface area contributed by atoms with Gasteiger partial charge in [-0.15, -0.1) is 0 Å². The highest BCUT2D eigenvalue weighted by molar-refractivity contribution is 5.91. The number of imidazole rings is 1. The third-order valence-corrected chi connectivity index (χ3v) is 4.95. The summed E-state index contributed by atoms with van der Waals surface area (Å²) in [5.41, 5.74) is 0.574. The summed E-state index contributed by atoms with van der Waals surface area (Å²) in [5, 5.41) is 2.92. The zero-order valence-electron chi connectivity index (χ0n) is 16.9. The van der Waals surface area contributed by atoms with Gasteiger partial charge in [-0.25, -0.2) is 19.7 Å². The van der Waals surface area contributed by atoms with Gasteiger partial charge >= 0.3 is 6.03 Å². The molecule has 0 aliphatic carbocycles. The first-order valence-electron chi connectivity index (χ1n) is 9.51. The molecule has 30 heavy (non-hydrogen) atoms. The maximum atomic E-state index is 12.8. The number of methoxy groups -OCH3 is 2. The molecule has 2 aromatic heterocycles. The number of hydrogen-bond donors (Lipinski definition) is 1. The number of anilines is 2. The number of carbonyl (C=O) groups is 1. The van der Waals surface area contributed by atoms with Crippen molar-refractivity contribution >= 4 is 17.5 Å². The maximum Gasteiger partial charge on any atom is 0.322 e. The molecule has 3 aromatic rings. The lowest BCUT2D eigenvalue weighted by Gasteiger charge is -2.35. The van der Waals surface area contributed by atoms with Crippen LogP contribution in [0.2, 0.25) is 0 Å². The minimum Gasteiger partial charge on any atom is -0.497 e. The predicted molar refractivity (Wildman–Crippen MR) is 112 cm³/mol. The largest absolute Gasteiger partial charge is 0.497 e. The summed E-state index contributed by atoms with van der Waals surface area (Å²) in [6.07, 6.45) is 6.78. The van der Waals surface area contributed by atoms with E-state index in [9.17, 15) is 4.79 Å². The number of hydrogen-bond acceptors (Lipinski definition) is 7. The number of piperazine rings is 1. The quantitative estimate of drug-likeness (QED) is 0.689. The van der Waals surface area contributed by atoms with Crippen molar-refractivity contribution in [2.24, 2.45) is 0 Å². The number of carbonyl (C=O) groups excluding carboxylic acids is 1. The van der Waals surface area contributed by atoms with Crippen LogP contribution >= 0.6 is 0 Å². The van der Waals surface area contributed by atoms with Crippen LogP contribution < -0.4 is 19.7 Å². The van der Waals surface area contributed by atoms with Crippen LogP contribution in [-0.2, 0) is 0 Å². The van der Waals surface area contributed by atoms with Gasteiger partial charge in [0.2, 0.25) is 0 Å². The van der Waals surface area contributed by atoms with Crippen LogP contribution in [0.25, 0.3) is 5.82 Å². The minimum atomic E-state index is -0.178. The van der Waals surface area contributed by atoms with Crippen molar-refractivity contribution in [2.45, 2.75) is 0 Å². The third kappa shape index (κ3) is 4.12. The van der Waals surface area contributed by atoms with E-state index in [0.717, 1.165) is 11.6 Å². The van der Waals surface area contributed by atoms with E-state index in [2.05, 4.69) is 25.2 Å². The van der Waals surface area contributed by atoms with E-state index in [0.29, 0.717) is 43.4 Å². The number of benzene rings is 1. The smallest absolute Gasteiger partial charge is 0.322 e. The predicted octanol–water partition coefficient (Wildman–Crippen LogP) is 2.03. The Kier molecular flexibility index (Phi) is 5.64. The summed E-state index contributed by atoms with van der Waals surface area (Å²) in [5.74, 6) is 2.80. The van der Waals surface area contributed by atoms with Crippen molar-refractivity contribution in [3.63, 3.8) is 0 Å². The van der Waals surface area contributed by atoms with Gasteiger partial charge in [-0.2, -0.15) is 0 Å². The molecular weight excluding hydrogens is 386 g/mol. The van der Waals surface area contributed by atoms with E-state index in [1.807, 2.05) is 16.8 Å². The highest BCUT2D eigenvalue weighted by Crippen LogP contribution is 2.29. The Morgan fingerprint density at radius 1 is 1.03 bits per heavy atom. The molecule has 0 saturated carbocycles. The van der Waals surface area contributed by atoms with E-state index < -0.39 is 0 Å². The summed E-state index contributed by atoms with van der Waals surface area (Å²) in [4.78, 5) is 29.4. The molecule has 1 N–H and O–H groups in total. The maximum absolute atomic E-state index is 12.8. The molecule has 0 atom stereocenters. The molecule has 0 spiro atoms. The Morgan fingerprint density at radius 2 is 1.83 bits per heavy atom. The molecule has 4 rings (SSSR count). The van der Waals surface area contributed by atoms with Crippen molar-refractivity contribution in [3.8, 4) is 17.3 Å². The van der Waals surface area contributed by atoms with Gasteiger partial charge in [0.25, 0.3) is 0 Å². The van der Waals surface area contributed by atoms with E-state index in [-0.39, 0.29) is 6.03 Å². The fourth-order valence-corrected chi connectivity index (χ4v) is 3.29. The van der Waals surface area contributed by atoms with Gasteiger partial charge in [-0.3, -0.25) is 4.57 Å². The van der Waals surface area contributed by atoms with Gasteiger partial charge in [0.15, 0.2) is 0 Å². The lowest BCUT2D eigenvalue weighted by atomic mass is 10.2. The molecular formula is C20H23N7O3. The van der Waals surface area contributed by atoms with Gasteiger partial charge in [0.05, 0.1) is 19.9 Å². The Bertz CT molecular complexity index is 1000. The number of aromatic nitrogens is 4. The van der Waals surface area contributed by atoms with Crippen molar-refractivity contribution in [3.05, 3.63) is 49.3 Å². The molecule has 1 fully saturated rings. The monoisotopic (exact) mass is 409 g/mol. The Morgan fingerprint density at radius 3 is 2.53 bits per heavy atom. The van der Waals surface area contributed by atoms with Crippen LogP contribution in [0.15, 0.2) is 49.3 Å². The molecule has 1 saturated heterocycles. The Hall–Kier alpha value is -3.82. The zero-order valence-corrected chi connectivity index (χ0v) is 16.9. The van der Waals surface area contributed by atoms with Crippen molar-refractivity contribution in [2.75, 3.05) is 50.6 Å². The average molecular weight is 409 g/mol. The zero-order chi connectivity index (χ0) is 20.9. The molecule has 0 bridgehead atoms. The second-order valence-electron chi connectivity index (χ2n) is 6.67. The van der Waals surface area contributed by atoms with Gasteiger partial charge in [0, 0.05) is 50.7 Å². The lowest BCUT2D eigenvalue weighted by Crippen LogP contribution is -2.50. The molecule has 1 aliphatic rings. The molecule has 2 amide bonds. The molecule has 3 heterocycles. The summed E-state index contributed by atoms with van der Waals surface area (Å²) < 4.78 is 12.4. The van der Waals surface area contributed by atoms with E-state index in [1.165, 1.54) is 0 Å². The Labute approximate surface area is 174 Å². The van der Waals surface area contributed by atoms with Crippen molar-refractivity contribution in [1.29, 1.82) is 0 Å². The number of amides is 2. The van der Waals surface area contributed by atoms with Gasteiger partial charge < -0.3 is 24.6 Å². The summed E-state index contributed by atoms with van der Waals surface area (Å²) in [6.45, 7) is 2.48. The van der Waals surface area contributed by atoms with Crippen LogP contribution in [0.5, 0.6) is 11.5 Å². The first kappa shape index (κ1) is 19.5. The summed E-state index contributed by atoms with van der Waals surface area (Å²) in [7, 11) is 3.15. The molecule has 0 unspecified atom stereocenters. The second kappa shape index (κ2) is 8.68. The van der Waals surface area contributed by atoms with Crippen LogP contribution in [0.4, 0.5) is 16.3 Å². The first-order valence-corrected chi connectivity index (χ1v) is 9.51. The SMILES string of the molecule is COc1ccc(OC)c(NC(=O)N2CCN(c3cc(-n4ccnc4)ncn3)CC2)c1. The topological polar surface area (TPSA) is 97.6 Å². The fraction of sp³-hybridized carbons (Fsp3) is 0.300. The molecule has 0 radical (unpaired) electrons. The number of rotatable bonds is 5. The van der Waals surface area contributed by atoms with Crippen LogP contribution in [0.1, 0.15) is 0 Å². The van der Waals surface area contributed by atoms with Crippen LogP contribution in [-0.4, -0.2) is 70.8 Å². The number of ether oxygens (including phenoxy) is 2. The van der Waals surface area contributed by atoms with Gasteiger partial charge in [0.1, 0.15) is 35.8 Å². The molecule has 10 nitrogen and oxygen atoms in total. The van der Waals surface area contributed by atoms with E-state index >= 15 is 0 Å². The standard InChI is InChI=1S/C20H23N7O3/c1-29-15-3-4-17(30-2)16(11-15)24-20(28)26-9-7-25(8-10-26)18-12-19(23-13-22-18)27-6-5-21-14-27/h3-6,11-14H,7-10H2,1-2H3,(H,24,28). The summed E-state index contributed by atoms with van der Waals surface area (Å²) >= 11 is 0. The van der Waals surface area contributed by atoms with Crippen LogP contribution in [0.3, 0.4) is 0 Å². The van der Waals surface area contributed by atoms with E-state index in [4.69, 9.17) is 9.47 Å². The highest BCUT2D eigenvalue weighted by Gasteiger charge is 2.23. The fourth-order valence-electron chi connectivity index (χ4n) is 3.29. The van der Waals surface area contributed by atoms with E-state index in [1.54, 1.807) is 56.2 Å². The second-order valence-corrected chi connectivity index (χ2v) is 6.67. The van der Waals surface area contributed by atoms with Gasteiger partial charge in [-0.1, -0.05) is 0 Å². The third-order valence-electron chi connectivity index (χ3n) is 4.95. The molecule has 1 aliphatic heterocycles. The average Bonchev–Trinajstić information content (AvgIpc) is 3.34. The number of nitrogens with zero attached hydrogens (tertiary/aromatic N) is 6. The molecule has 156 valence electrons. The number of nitrogens with one attached hydrogen (secondary N) is 1. The molecule has 10 heteroatoms. The first-order chi connectivity index (χ1) is 14.7. The summed E-state index contributed by atoms with van der Waals surface area (Å²) in [6, 6.07) is 7.03. The lowest BCUT2D eigenvalue weighted by molar-refractivity contribution is 0.208. The van der Waals surface area contributed by atoms with Crippen molar-refractivity contribution < 1.29 is 14.3 Å². The number of urea groups is 1. The minimum absolute atomic E-state index is 0.178. The molecule has 1 aromatic carbocycles.